The molecule has 0 aliphatic carbocycles. The van der Waals surface area contributed by atoms with Gasteiger partial charge >= 0.3 is 0 Å². The quantitative estimate of drug-likeness (QED) is 0.630. The largest absolute Gasteiger partial charge is 0.287 e. The summed E-state index contributed by atoms with van der Waals surface area (Å²) < 4.78 is 0. The molecular formula is C18H28N2O. The summed E-state index contributed by atoms with van der Waals surface area (Å²) in [7, 11) is 0. The smallest absolute Gasteiger partial charge is 0.228 e. The minimum atomic E-state index is 0.149. The van der Waals surface area contributed by atoms with Crippen LogP contribution in [0.4, 0.5) is 0 Å². The van der Waals surface area contributed by atoms with Crippen molar-refractivity contribution in [2.24, 2.45) is 4.99 Å². The van der Waals surface area contributed by atoms with Crippen LogP contribution in [0.5, 0.6) is 0 Å². The molecule has 1 aliphatic heterocycles. The van der Waals surface area contributed by atoms with Crippen molar-refractivity contribution in [3.8, 4) is 0 Å². The number of rotatable bonds is 7. The summed E-state index contributed by atoms with van der Waals surface area (Å²) >= 11 is 0. The van der Waals surface area contributed by atoms with Crippen molar-refractivity contribution in [2.75, 3.05) is 0 Å². The molecule has 0 radical (unpaired) electrons. The van der Waals surface area contributed by atoms with E-state index in [1.54, 1.807) is 0 Å². The average molecular weight is 288 g/mol. The second-order valence-electron chi connectivity index (χ2n) is 5.42. The molecule has 0 fully saturated rings. The summed E-state index contributed by atoms with van der Waals surface area (Å²) in [6, 6.07) is 0.149. The van der Waals surface area contributed by atoms with Crippen LogP contribution in [-0.2, 0) is 4.79 Å². The first-order valence-electron chi connectivity index (χ1n) is 8.14. The zero-order valence-electron chi connectivity index (χ0n) is 13.9. The zero-order valence-corrected chi connectivity index (χ0v) is 13.9. The van der Waals surface area contributed by atoms with Gasteiger partial charge < -0.3 is 0 Å². The second kappa shape index (κ2) is 9.36. The standard InChI is InChI=1S/C18H28N2O/c1-5-8-13-18(21)20(15(4)6-2)17-12-10-9-11-16(7-3)14-19-17/h10-11,14-15H,5-9,13H2,1-4H3/b16-11-,19-14-. The van der Waals surface area contributed by atoms with Crippen LogP contribution in [0.15, 0.2) is 34.3 Å². The predicted molar refractivity (Wildman–Crippen MR) is 89.2 cm³/mol. The van der Waals surface area contributed by atoms with Crippen molar-refractivity contribution < 1.29 is 4.79 Å². The van der Waals surface area contributed by atoms with Crippen LogP contribution in [-0.4, -0.2) is 23.1 Å². The summed E-state index contributed by atoms with van der Waals surface area (Å²) in [5, 5.41) is 0. The van der Waals surface area contributed by atoms with Crippen LogP contribution in [0.25, 0.3) is 0 Å². The molecule has 1 aliphatic rings. The highest BCUT2D eigenvalue weighted by molar-refractivity contribution is 5.82. The lowest BCUT2D eigenvalue weighted by Crippen LogP contribution is -2.37. The van der Waals surface area contributed by atoms with Crippen LogP contribution < -0.4 is 0 Å². The first-order valence-corrected chi connectivity index (χ1v) is 8.14. The Bertz CT molecular complexity index is 468. The second-order valence-corrected chi connectivity index (χ2v) is 5.42. The van der Waals surface area contributed by atoms with Gasteiger partial charge in [0.2, 0.25) is 5.91 Å². The first-order chi connectivity index (χ1) is 10.1. The van der Waals surface area contributed by atoms with E-state index in [0.29, 0.717) is 12.2 Å². The van der Waals surface area contributed by atoms with E-state index < -0.39 is 0 Å². The number of carbonyl (C=O) groups is 1. The van der Waals surface area contributed by atoms with Gasteiger partial charge in [0.25, 0.3) is 0 Å². The summed E-state index contributed by atoms with van der Waals surface area (Å²) in [6.45, 7) is 8.39. The predicted octanol–water partition coefficient (Wildman–Crippen LogP) is 4.61. The number of carbonyl (C=O) groups excluding carboxylic acids is 1. The Morgan fingerprint density at radius 2 is 2.19 bits per heavy atom. The van der Waals surface area contributed by atoms with Gasteiger partial charge in [-0.3, -0.25) is 9.69 Å². The fourth-order valence-electron chi connectivity index (χ4n) is 2.17. The molecule has 0 aromatic carbocycles. The highest BCUT2D eigenvalue weighted by Gasteiger charge is 2.22. The maximum atomic E-state index is 12.5. The molecule has 1 amide bonds. The Balaban J connectivity index is 3.02. The van der Waals surface area contributed by atoms with Crippen LogP contribution in [0.1, 0.15) is 66.2 Å². The third-order valence-electron chi connectivity index (χ3n) is 3.76. The van der Waals surface area contributed by atoms with E-state index in [1.807, 2.05) is 17.2 Å². The lowest BCUT2D eigenvalue weighted by atomic mass is 10.1. The zero-order chi connectivity index (χ0) is 15.7. The summed E-state index contributed by atoms with van der Waals surface area (Å²) in [6.07, 6.45) is 11.2. The molecule has 0 N–H and O–H groups in total. The lowest BCUT2D eigenvalue weighted by Gasteiger charge is -2.28. The number of amides is 1. The molecule has 0 aromatic rings. The van der Waals surface area contributed by atoms with Gasteiger partial charge in [0.1, 0.15) is 0 Å². The van der Waals surface area contributed by atoms with Crippen LogP contribution in [0.2, 0.25) is 0 Å². The van der Waals surface area contributed by atoms with E-state index in [1.165, 1.54) is 5.57 Å². The Kier molecular flexibility index (Phi) is 7.78. The number of aliphatic imine (C=N–C) groups is 1. The fourth-order valence-corrected chi connectivity index (χ4v) is 2.17. The van der Waals surface area contributed by atoms with Crippen molar-refractivity contribution in [2.45, 2.75) is 72.3 Å². The number of allylic oxidation sites excluding steroid dienone is 3. The fraction of sp³-hybridized carbons (Fsp3) is 0.611. The van der Waals surface area contributed by atoms with Gasteiger partial charge in [0, 0.05) is 18.7 Å². The van der Waals surface area contributed by atoms with E-state index in [4.69, 9.17) is 0 Å². The molecule has 116 valence electrons. The molecule has 0 spiro atoms. The molecule has 1 heterocycles. The number of unbranched alkanes of at least 4 members (excludes halogenated alkanes) is 1. The summed E-state index contributed by atoms with van der Waals surface area (Å²) in [5.74, 6) is 0.811. The van der Waals surface area contributed by atoms with Gasteiger partial charge in [-0.25, -0.2) is 4.99 Å². The molecule has 1 unspecified atom stereocenters. The highest BCUT2D eigenvalue weighted by atomic mass is 16.2. The third-order valence-corrected chi connectivity index (χ3v) is 3.76. The molecule has 0 aromatic heterocycles. The maximum absolute atomic E-state index is 12.5. The SMILES string of the molecule is CCCCC(=O)N(C1=C=CC/C=C(CC)\C=N/1)C(C)CC. The Morgan fingerprint density at radius 1 is 1.43 bits per heavy atom. The number of hydrogen-bond donors (Lipinski definition) is 0. The van der Waals surface area contributed by atoms with Crippen molar-refractivity contribution in [3.05, 3.63) is 29.3 Å². The van der Waals surface area contributed by atoms with Crippen molar-refractivity contribution in [1.82, 2.24) is 4.90 Å². The van der Waals surface area contributed by atoms with Crippen molar-refractivity contribution in [3.63, 3.8) is 0 Å². The molecule has 0 saturated heterocycles. The normalized spacial score (nSPS) is 19.8. The Labute approximate surface area is 129 Å². The minimum absolute atomic E-state index is 0.149. The molecule has 3 nitrogen and oxygen atoms in total. The topological polar surface area (TPSA) is 32.7 Å². The van der Waals surface area contributed by atoms with Gasteiger partial charge in [0.05, 0.1) is 0 Å². The molecule has 0 saturated carbocycles. The van der Waals surface area contributed by atoms with Gasteiger partial charge in [-0.2, -0.15) is 0 Å². The minimum Gasteiger partial charge on any atom is -0.287 e. The van der Waals surface area contributed by atoms with Crippen LogP contribution in [0.3, 0.4) is 0 Å². The lowest BCUT2D eigenvalue weighted by molar-refractivity contribution is -0.131. The molecule has 1 atom stereocenters. The van der Waals surface area contributed by atoms with E-state index in [2.05, 4.69) is 44.5 Å². The third kappa shape index (κ3) is 5.35. The van der Waals surface area contributed by atoms with Crippen LogP contribution >= 0.6 is 0 Å². The van der Waals surface area contributed by atoms with E-state index in [0.717, 1.165) is 32.1 Å². The molecule has 0 bridgehead atoms. The average Bonchev–Trinajstić information content (AvgIpc) is 2.47. The number of nitrogens with zero attached hydrogens (tertiary/aromatic N) is 2. The maximum Gasteiger partial charge on any atom is 0.228 e. The van der Waals surface area contributed by atoms with Crippen LogP contribution in [0, 0.1) is 0 Å². The Hall–Kier alpha value is -1.60. The highest BCUT2D eigenvalue weighted by Crippen LogP contribution is 2.17. The van der Waals surface area contributed by atoms with Gasteiger partial charge in [-0.15, -0.1) is 0 Å². The Morgan fingerprint density at radius 3 is 2.81 bits per heavy atom. The van der Waals surface area contributed by atoms with Gasteiger partial charge in [0.15, 0.2) is 5.82 Å². The first kappa shape index (κ1) is 17.5. The molecular weight excluding hydrogens is 260 g/mol. The molecule has 3 heteroatoms. The molecule has 21 heavy (non-hydrogen) atoms. The van der Waals surface area contributed by atoms with E-state index >= 15 is 0 Å². The molecule has 1 rings (SSSR count). The monoisotopic (exact) mass is 288 g/mol. The van der Waals surface area contributed by atoms with Gasteiger partial charge in [-0.05, 0) is 44.3 Å². The summed E-state index contributed by atoms with van der Waals surface area (Å²) in [5.41, 5.74) is 4.40. The van der Waals surface area contributed by atoms with Crippen molar-refractivity contribution in [1.29, 1.82) is 0 Å². The van der Waals surface area contributed by atoms with Gasteiger partial charge in [-0.1, -0.05) is 39.0 Å². The summed E-state index contributed by atoms with van der Waals surface area (Å²) in [4.78, 5) is 18.9. The number of hydrogen-bond acceptors (Lipinski definition) is 2. The van der Waals surface area contributed by atoms with E-state index in [9.17, 15) is 4.79 Å². The van der Waals surface area contributed by atoms with Crippen molar-refractivity contribution >= 4 is 12.1 Å². The van der Waals surface area contributed by atoms with E-state index in [-0.39, 0.29) is 11.9 Å².